The first-order valence-electron chi connectivity index (χ1n) is 8.09. The first kappa shape index (κ1) is 18.0. The van der Waals surface area contributed by atoms with Gasteiger partial charge in [-0.2, -0.15) is 0 Å². The number of allylic oxidation sites excluding steroid dienone is 2. The lowest BCUT2D eigenvalue weighted by Gasteiger charge is -2.28. The Hall–Kier alpha value is -2.30. The van der Waals surface area contributed by atoms with E-state index in [1.807, 2.05) is 24.3 Å². The van der Waals surface area contributed by atoms with Gasteiger partial charge in [0.15, 0.2) is 0 Å². The highest BCUT2D eigenvalue weighted by molar-refractivity contribution is 5.96. The maximum absolute atomic E-state index is 12.6. The van der Waals surface area contributed by atoms with Crippen LogP contribution in [0.25, 0.3) is 0 Å². The Morgan fingerprint density at radius 1 is 1.17 bits per heavy atom. The van der Waals surface area contributed by atoms with Crippen molar-refractivity contribution in [2.24, 2.45) is 11.8 Å². The number of carbonyl (C=O) groups excluding carboxylic acids is 2. The summed E-state index contributed by atoms with van der Waals surface area (Å²) < 4.78 is 5.32. The van der Waals surface area contributed by atoms with Crippen molar-refractivity contribution in [2.75, 3.05) is 12.4 Å². The van der Waals surface area contributed by atoms with Gasteiger partial charge in [0.05, 0.1) is 18.7 Å². The van der Waals surface area contributed by atoms with Crippen LogP contribution in [0.2, 0.25) is 0 Å². The Morgan fingerprint density at radius 3 is 2.33 bits per heavy atom. The molecule has 5 nitrogen and oxygen atoms in total. The monoisotopic (exact) mass is 330 g/mol. The summed E-state index contributed by atoms with van der Waals surface area (Å²) in [5.74, 6) is -2.39. The molecule has 2 atom stereocenters. The number of amides is 1. The van der Waals surface area contributed by atoms with Crippen molar-refractivity contribution in [3.05, 3.63) is 35.9 Å². The molecule has 1 aliphatic carbocycles. The van der Waals surface area contributed by atoms with E-state index in [2.05, 4.69) is 26.1 Å². The van der Waals surface area contributed by atoms with Gasteiger partial charge in [-0.3, -0.25) is 4.79 Å². The molecule has 0 unspecified atom stereocenters. The van der Waals surface area contributed by atoms with Crippen LogP contribution in [0.3, 0.4) is 0 Å². The summed E-state index contributed by atoms with van der Waals surface area (Å²) in [6.07, 6.45) is 4.34. The molecule has 0 fully saturated rings. The normalized spacial score (nSPS) is 20.5. The van der Waals surface area contributed by atoms with Crippen LogP contribution in [-0.2, 0) is 15.0 Å². The molecule has 0 radical (unpaired) electrons. The number of rotatable bonds is 4. The Bertz CT molecular complexity index is 658. The predicted molar refractivity (Wildman–Crippen MR) is 90.7 cm³/mol. The predicted octanol–water partition coefficient (Wildman–Crippen LogP) is 2.26. The van der Waals surface area contributed by atoms with Gasteiger partial charge in [0.1, 0.15) is 5.75 Å². The molecular formula is C19H24NO4-. The summed E-state index contributed by atoms with van der Waals surface area (Å²) in [5, 5.41) is 14.1. The van der Waals surface area contributed by atoms with Gasteiger partial charge in [0.25, 0.3) is 0 Å². The second kappa shape index (κ2) is 7.07. The topological polar surface area (TPSA) is 78.5 Å². The molecule has 0 bridgehead atoms. The first-order valence-corrected chi connectivity index (χ1v) is 8.09. The van der Waals surface area contributed by atoms with Crippen molar-refractivity contribution in [1.29, 1.82) is 0 Å². The van der Waals surface area contributed by atoms with Crippen LogP contribution in [0.4, 0.5) is 5.69 Å². The molecule has 1 aromatic rings. The number of hydrogen-bond acceptors (Lipinski definition) is 4. The maximum atomic E-state index is 12.6. The fourth-order valence-corrected chi connectivity index (χ4v) is 2.86. The largest absolute Gasteiger partial charge is 0.550 e. The molecule has 0 aliphatic heterocycles. The molecule has 1 aromatic carbocycles. The summed E-state index contributed by atoms with van der Waals surface area (Å²) >= 11 is 0. The molecule has 1 aliphatic rings. The Morgan fingerprint density at radius 2 is 1.79 bits per heavy atom. The molecular weight excluding hydrogens is 306 g/mol. The Balaban J connectivity index is 2.27. The van der Waals surface area contributed by atoms with Crippen LogP contribution in [0.1, 0.15) is 39.2 Å². The number of aliphatic carboxylic acids is 1. The zero-order valence-electron chi connectivity index (χ0n) is 14.6. The van der Waals surface area contributed by atoms with Gasteiger partial charge in [0, 0.05) is 11.9 Å². The van der Waals surface area contributed by atoms with Crippen LogP contribution in [0.15, 0.2) is 30.4 Å². The van der Waals surface area contributed by atoms with Crippen molar-refractivity contribution >= 4 is 17.6 Å². The highest BCUT2D eigenvalue weighted by atomic mass is 16.5. The number of ether oxygens (including phenoxy) is 1. The van der Waals surface area contributed by atoms with Crippen molar-refractivity contribution in [3.63, 3.8) is 0 Å². The Labute approximate surface area is 142 Å². The van der Waals surface area contributed by atoms with E-state index in [4.69, 9.17) is 4.74 Å². The van der Waals surface area contributed by atoms with E-state index < -0.39 is 17.8 Å². The van der Waals surface area contributed by atoms with Crippen molar-refractivity contribution in [3.8, 4) is 5.75 Å². The number of carboxylic acids is 1. The van der Waals surface area contributed by atoms with Gasteiger partial charge in [-0.25, -0.2) is 0 Å². The molecule has 0 aromatic heterocycles. The minimum Gasteiger partial charge on any atom is -0.550 e. The number of carboxylic acid groups (broad SMARTS) is 1. The third kappa shape index (κ3) is 3.96. The number of nitrogens with one attached hydrogen (secondary N) is 1. The Kier molecular flexibility index (Phi) is 5.32. The molecule has 130 valence electrons. The SMILES string of the molecule is COc1ccc(C(C)(C)C)cc1NC(=O)[C@@H]1CC=CC[C@@H]1C(=O)[O-]. The van der Waals surface area contributed by atoms with Gasteiger partial charge in [0.2, 0.25) is 5.91 Å². The van der Waals surface area contributed by atoms with E-state index in [-0.39, 0.29) is 11.3 Å². The van der Waals surface area contributed by atoms with Crippen LogP contribution in [0, 0.1) is 11.8 Å². The zero-order valence-corrected chi connectivity index (χ0v) is 14.6. The van der Waals surface area contributed by atoms with Crippen LogP contribution < -0.4 is 15.2 Å². The average Bonchev–Trinajstić information content (AvgIpc) is 2.53. The van der Waals surface area contributed by atoms with Crippen LogP contribution in [-0.4, -0.2) is 19.0 Å². The van der Waals surface area contributed by atoms with Crippen molar-refractivity contribution in [1.82, 2.24) is 0 Å². The molecule has 1 N–H and O–H groups in total. The average molecular weight is 330 g/mol. The van der Waals surface area contributed by atoms with E-state index in [1.165, 1.54) is 7.11 Å². The molecule has 5 heteroatoms. The highest BCUT2D eigenvalue weighted by Gasteiger charge is 2.30. The summed E-state index contributed by atoms with van der Waals surface area (Å²) in [6, 6.07) is 5.65. The minimum absolute atomic E-state index is 0.0765. The molecule has 0 spiro atoms. The van der Waals surface area contributed by atoms with Gasteiger partial charge >= 0.3 is 0 Å². The zero-order chi connectivity index (χ0) is 17.9. The van der Waals surface area contributed by atoms with Gasteiger partial charge in [-0.05, 0) is 36.0 Å². The fourth-order valence-electron chi connectivity index (χ4n) is 2.86. The third-order valence-corrected chi connectivity index (χ3v) is 4.40. The quantitative estimate of drug-likeness (QED) is 0.859. The summed E-state index contributed by atoms with van der Waals surface area (Å²) in [4.78, 5) is 23.9. The lowest BCUT2D eigenvalue weighted by atomic mass is 9.82. The van der Waals surface area contributed by atoms with E-state index in [1.54, 1.807) is 6.08 Å². The molecule has 0 saturated heterocycles. The standard InChI is InChI=1S/C19H25NO4/c1-19(2,3)12-9-10-16(24-4)15(11-12)20-17(21)13-7-5-6-8-14(13)18(22)23/h5-6,9-11,13-14H,7-8H2,1-4H3,(H,20,21)(H,22,23)/p-1/t13-,14+/m1/s1. The van der Waals surface area contributed by atoms with Crippen LogP contribution in [0.5, 0.6) is 5.75 Å². The number of carbonyl (C=O) groups is 2. The second-order valence-electron chi connectivity index (χ2n) is 7.13. The number of methoxy groups -OCH3 is 1. The smallest absolute Gasteiger partial charge is 0.228 e. The molecule has 24 heavy (non-hydrogen) atoms. The number of hydrogen-bond donors (Lipinski definition) is 1. The lowest BCUT2D eigenvalue weighted by molar-refractivity contribution is -0.313. The van der Waals surface area contributed by atoms with Crippen LogP contribution >= 0.6 is 0 Å². The van der Waals surface area contributed by atoms with Crippen molar-refractivity contribution in [2.45, 2.75) is 39.0 Å². The molecule has 0 heterocycles. The van der Waals surface area contributed by atoms with E-state index in [0.29, 0.717) is 24.3 Å². The number of benzene rings is 1. The second-order valence-corrected chi connectivity index (χ2v) is 7.13. The third-order valence-electron chi connectivity index (χ3n) is 4.40. The molecule has 2 rings (SSSR count). The minimum atomic E-state index is -1.19. The first-order chi connectivity index (χ1) is 11.2. The van der Waals surface area contributed by atoms with E-state index in [9.17, 15) is 14.7 Å². The highest BCUT2D eigenvalue weighted by Crippen LogP contribution is 2.33. The maximum Gasteiger partial charge on any atom is 0.228 e. The fraction of sp³-hybridized carbons (Fsp3) is 0.474. The van der Waals surface area contributed by atoms with Gasteiger partial charge in [-0.1, -0.05) is 39.0 Å². The lowest BCUT2D eigenvalue weighted by Crippen LogP contribution is -2.41. The number of anilines is 1. The molecule has 0 saturated carbocycles. The summed E-state index contributed by atoms with van der Waals surface area (Å²) in [6.45, 7) is 6.25. The van der Waals surface area contributed by atoms with E-state index in [0.717, 1.165) is 5.56 Å². The molecule has 1 amide bonds. The van der Waals surface area contributed by atoms with Gasteiger partial charge < -0.3 is 20.0 Å². The summed E-state index contributed by atoms with van der Waals surface area (Å²) in [5.41, 5.74) is 1.53. The van der Waals surface area contributed by atoms with Crippen molar-refractivity contribution < 1.29 is 19.4 Å². The van der Waals surface area contributed by atoms with E-state index >= 15 is 0 Å². The van der Waals surface area contributed by atoms with Gasteiger partial charge in [-0.15, -0.1) is 0 Å². The summed E-state index contributed by atoms with van der Waals surface area (Å²) in [7, 11) is 1.54.